The van der Waals surface area contributed by atoms with Gasteiger partial charge in [-0.3, -0.25) is 9.69 Å². The number of hydrogen-bond donors (Lipinski definition) is 2. The summed E-state index contributed by atoms with van der Waals surface area (Å²) in [6.45, 7) is 2.96. The molecule has 0 radical (unpaired) electrons. The van der Waals surface area contributed by atoms with Crippen molar-refractivity contribution >= 4 is 5.97 Å². The van der Waals surface area contributed by atoms with Crippen LogP contribution in [0.2, 0.25) is 0 Å². The maximum atomic E-state index is 10.5. The molecule has 0 aromatic carbocycles. The Bertz CT molecular complexity index is 184. The van der Waals surface area contributed by atoms with Gasteiger partial charge < -0.3 is 10.2 Å². The lowest BCUT2D eigenvalue weighted by atomic mass is 10.1. The fourth-order valence-corrected chi connectivity index (χ4v) is 2.00. The van der Waals surface area contributed by atoms with Gasteiger partial charge >= 0.3 is 5.97 Å². The quantitative estimate of drug-likeness (QED) is 0.665. The largest absolute Gasteiger partial charge is 0.481 e. The number of carbonyl (C=O) groups is 1. The second-order valence-electron chi connectivity index (χ2n) is 3.66. The van der Waals surface area contributed by atoms with Crippen LogP contribution in [0.4, 0.5) is 0 Å². The van der Waals surface area contributed by atoms with Crippen molar-refractivity contribution in [1.29, 1.82) is 0 Å². The number of aliphatic carboxylic acids is 1. The van der Waals surface area contributed by atoms with Crippen molar-refractivity contribution in [3.05, 3.63) is 0 Å². The molecule has 0 saturated carbocycles. The van der Waals surface area contributed by atoms with Crippen molar-refractivity contribution in [2.24, 2.45) is 0 Å². The molecule has 4 heteroatoms. The van der Waals surface area contributed by atoms with E-state index in [-0.39, 0.29) is 25.1 Å². The molecule has 0 aromatic rings. The summed E-state index contributed by atoms with van der Waals surface area (Å²) in [5.41, 5.74) is 0. The summed E-state index contributed by atoms with van der Waals surface area (Å²) in [5, 5.41) is 17.6. The Balaban J connectivity index is 2.44. The van der Waals surface area contributed by atoms with E-state index in [9.17, 15) is 4.79 Å². The maximum Gasteiger partial charge on any atom is 0.304 e. The first-order chi connectivity index (χ1) is 6.15. The molecule has 13 heavy (non-hydrogen) atoms. The van der Waals surface area contributed by atoms with Crippen LogP contribution in [0.25, 0.3) is 0 Å². The molecule has 76 valence electrons. The minimum atomic E-state index is -0.768. The first-order valence-electron chi connectivity index (χ1n) is 4.73. The molecule has 0 aromatic heterocycles. The molecule has 0 amide bonds. The van der Waals surface area contributed by atoms with Gasteiger partial charge in [0.05, 0.1) is 13.0 Å². The molecule has 1 aliphatic rings. The number of aliphatic hydroxyl groups is 1. The zero-order chi connectivity index (χ0) is 9.84. The van der Waals surface area contributed by atoms with Gasteiger partial charge in [-0.05, 0) is 26.3 Å². The van der Waals surface area contributed by atoms with Gasteiger partial charge in [-0.1, -0.05) is 0 Å². The van der Waals surface area contributed by atoms with Gasteiger partial charge in [0.25, 0.3) is 0 Å². The number of rotatable bonds is 4. The van der Waals surface area contributed by atoms with Crippen LogP contribution < -0.4 is 0 Å². The average Bonchev–Trinajstić information content (AvgIpc) is 2.49. The Hall–Kier alpha value is -0.610. The van der Waals surface area contributed by atoms with E-state index >= 15 is 0 Å². The molecule has 1 heterocycles. The third-order valence-electron chi connectivity index (χ3n) is 2.67. The van der Waals surface area contributed by atoms with Gasteiger partial charge in [-0.25, -0.2) is 0 Å². The van der Waals surface area contributed by atoms with Gasteiger partial charge in [-0.2, -0.15) is 0 Å². The molecular weight excluding hydrogens is 170 g/mol. The Morgan fingerprint density at radius 3 is 2.92 bits per heavy atom. The summed E-state index contributed by atoms with van der Waals surface area (Å²) in [6.07, 6.45) is 2.21. The minimum Gasteiger partial charge on any atom is -0.481 e. The Morgan fingerprint density at radius 2 is 2.38 bits per heavy atom. The summed E-state index contributed by atoms with van der Waals surface area (Å²) < 4.78 is 0. The third kappa shape index (κ3) is 2.67. The van der Waals surface area contributed by atoms with E-state index in [1.54, 1.807) is 0 Å². The van der Waals surface area contributed by atoms with E-state index in [1.165, 1.54) is 0 Å². The van der Waals surface area contributed by atoms with Crippen LogP contribution in [0.5, 0.6) is 0 Å². The molecule has 2 N–H and O–H groups in total. The van der Waals surface area contributed by atoms with Gasteiger partial charge in [0.2, 0.25) is 0 Å². The Kier molecular flexibility index (Phi) is 3.69. The number of nitrogens with zero attached hydrogens (tertiary/aromatic N) is 1. The number of likely N-dealkylation sites (tertiary alicyclic amines) is 1. The van der Waals surface area contributed by atoms with E-state index in [2.05, 4.69) is 4.90 Å². The first kappa shape index (κ1) is 10.5. The van der Waals surface area contributed by atoms with Crippen molar-refractivity contribution in [3.8, 4) is 0 Å². The molecular formula is C9H17NO3. The fraction of sp³-hybridized carbons (Fsp3) is 0.889. The fourth-order valence-electron chi connectivity index (χ4n) is 2.00. The highest BCUT2D eigenvalue weighted by molar-refractivity contribution is 5.67. The predicted molar refractivity (Wildman–Crippen MR) is 48.5 cm³/mol. The van der Waals surface area contributed by atoms with Crippen molar-refractivity contribution < 1.29 is 15.0 Å². The molecule has 1 aliphatic heterocycles. The van der Waals surface area contributed by atoms with E-state index in [1.807, 2.05) is 6.92 Å². The summed E-state index contributed by atoms with van der Waals surface area (Å²) in [6, 6.07) is 0.214. The number of hydrogen-bond acceptors (Lipinski definition) is 3. The van der Waals surface area contributed by atoms with Crippen LogP contribution in [0.15, 0.2) is 0 Å². The molecule has 0 bridgehead atoms. The maximum absolute atomic E-state index is 10.5. The lowest BCUT2D eigenvalue weighted by molar-refractivity contribution is -0.138. The van der Waals surface area contributed by atoms with Crippen LogP contribution >= 0.6 is 0 Å². The SMILES string of the molecule is CC(CC(=O)O)N1CCCC1CO. The highest BCUT2D eigenvalue weighted by atomic mass is 16.4. The van der Waals surface area contributed by atoms with Crippen LogP contribution in [-0.2, 0) is 4.79 Å². The molecule has 1 saturated heterocycles. The molecule has 2 unspecified atom stereocenters. The monoisotopic (exact) mass is 187 g/mol. The minimum absolute atomic E-state index is 0.0390. The van der Waals surface area contributed by atoms with Crippen LogP contribution in [0.3, 0.4) is 0 Å². The van der Waals surface area contributed by atoms with Gasteiger partial charge in [0, 0.05) is 12.1 Å². The molecule has 0 aliphatic carbocycles. The third-order valence-corrected chi connectivity index (χ3v) is 2.67. The Labute approximate surface area is 78.2 Å². The van der Waals surface area contributed by atoms with Crippen LogP contribution in [0, 0.1) is 0 Å². The summed E-state index contributed by atoms with van der Waals surface area (Å²) in [5.74, 6) is -0.768. The zero-order valence-electron chi connectivity index (χ0n) is 7.94. The highest BCUT2D eigenvalue weighted by Gasteiger charge is 2.28. The first-order valence-corrected chi connectivity index (χ1v) is 4.73. The zero-order valence-corrected chi connectivity index (χ0v) is 7.94. The van der Waals surface area contributed by atoms with Crippen molar-refractivity contribution in [1.82, 2.24) is 4.90 Å². The summed E-state index contributed by atoms with van der Waals surface area (Å²) >= 11 is 0. The normalized spacial score (nSPS) is 26.2. The Morgan fingerprint density at radius 1 is 1.69 bits per heavy atom. The molecule has 0 spiro atoms. The molecule has 1 rings (SSSR count). The topological polar surface area (TPSA) is 60.8 Å². The van der Waals surface area contributed by atoms with Crippen molar-refractivity contribution in [2.45, 2.75) is 38.3 Å². The number of aliphatic hydroxyl groups excluding tert-OH is 1. The highest BCUT2D eigenvalue weighted by Crippen LogP contribution is 2.20. The van der Waals surface area contributed by atoms with Gasteiger partial charge in [0.15, 0.2) is 0 Å². The lowest BCUT2D eigenvalue weighted by Gasteiger charge is -2.28. The summed E-state index contributed by atoms with van der Waals surface area (Å²) in [4.78, 5) is 12.6. The van der Waals surface area contributed by atoms with Crippen molar-refractivity contribution in [3.63, 3.8) is 0 Å². The average molecular weight is 187 g/mol. The standard InChI is InChI=1S/C9H17NO3/c1-7(5-9(12)13)10-4-2-3-8(10)6-11/h7-8,11H,2-6H2,1H3,(H,12,13). The summed E-state index contributed by atoms with van der Waals surface area (Å²) in [7, 11) is 0. The van der Waals surface area contributed by atoms with E-state index < -0.39 is 5.97 Å². The van der Waals surface area contributed by atoms with Crippen LogP contribution in [-0.4, -0.2) is 46.3 Å². The van der Waals surface area contributed by atoms with Crippen molar-refractivity contribution in [2.75, 3.05) is 13.2 Å². The van der Waals surface area contributed by atoms with Gasteiger partial charge in [-0.15, -0.1) is 0 Å². The van der Waals surface area contributed by atoms with Crippen LogP contribution in [0.1, 0.15) is 26.2 Å². The molecule has 1 fully saturated rings. The van der Waals surface area contributed by atoms with E-state index in [4.69, 9.17) is 10.2 Å². The smallest absolute Gasteiger partial charge is 0.304 e. The predicted octanol–water partition coefficient (Wildman–Crippen LogP) is 0.306. The second-order valence-corrected chi connectivity index (χ2v) is 3.66. The molecule has 2 atom stereocenters. The lowest BCUT2D eigenvalue weighted by Crippen LogP contribution is -2.40. The second kappa shape index (κ2) is 4.58. The number of carboxylic acids is 1. The van der Waals surface area contributed by atoms with Gasteiger partial charge in [0.1, 0.15) is 0 Å². The number of carboxylic acid groups (broad SMARTS) is 1. The van der Waals surface area contributed by atoms with E-state index in [0.717, 1.165) is 19.4 Å². The van der Waals surface area contributed by atoms with E-state index in [0.29, 0.717) is 0 Å². The molecule has 4 nitrogen and oxygen atoms in total.